The van der Waals surface area contributed by atoms with Crippen LogP contribution in [-0.4, -0.2) is 21.8 Å². The first-order valence-electron chi connectivity index (χ1n) is 10.3. The molecule has 0 aliphatic carbocycles. The van der Waals surface area contributed by atoms with E-state index < -0.39 is 16.5 Å². The van der Waals surface area contributed by atoms with Gasteiger partial charge in [0.2, 0.25) is 0 Å². The lowest BCUT2D eigenvalue weighted by Crippen LogP contribution is -2.29. The molecule has 1 heterocycles. The van der Waals surface area contributed by atoms with E-state index in [9.17, 15) is 18.3 Å². The molecule has 1 aromatic carbocycles. The number of rotatable bonds is 9. The monoisotopic (exact) mass is 461 g/mol. The fourth-order valence-electron chi connectivity index (χ4n) is 3.31. The van der Waals surface area contributed by atoms with E-state index in [4.69, 9.17) is 4.78 Å². The third-order valence-corrected chi connectivity index (χ3v) is 6.33. The molecule has 1 atom stereocenters. The summed E-state index contributed by atoms with van der Waals surface area (Å²) in [5.41, 5.74) is 3.24. The van der Waals surface area contributed by atoms with Gasteiger partial charge in [-0.05, 0) is 74.1 Å². The second-order valence-corrected chi connectivity index (χ2v) is 10.1. The van der Waals surface area contributed by atoms with Crippen LogP contribution in [0.3, 0.4) is 0 Å². The third-order valence-electron chi connectivity index (χ3n) is 4.62. The van der Waals surface area contributed by atoms with Gasteiger partial charge in [0, 0.05) is 17.9 Å². The van der Waals surface area contributed by atoms with Gasteiger partial charge in [-0.2, -0.15) is 14.0 Å². The van der Waals surface area contributed by atoms with Crippen LogP contribution in [0.15, 0.2) is 41.4 Å². The average Bonchev–Trinajstić information content (AvgIpc) is 2.68. The molecule has 1 unspecified atom stereocenters. The molecule has 0 spiro atoms. The van der Waals surface area contributed by atoms with Gasteiger partial charge in [0.15, 0.2) is 0 Å². The van der Waals surface area contributed by atoms with Gasteiger partial charge in [-0.1, -0.05) is 19.9 Å². The molecule has 1 aromatic heterocycles. The first-order valence-corrected chi connectivity index (χ1v) is 11.8. The quantitative estimate of drug-likeness (QED) is 0.330. The van der Waals surface area contributed by atoms with Crippen LogP contribution in [-0.2, 0) is 16.3 Å². The van der Waals surface area contributed by atoms with Crippen molar-refractivity contribution in [2.75, 3.05) is 5.32 Å². The summed E-state index contributed by atoms with van der Waals surface area (Å²) in [6, 6.07) is 10.1. The number of anilines is 1. The maximum Gasteiger partial charge on any atom is 0.312 e. The Kier molecular flexibility index (Phi) is 8.47. The lowest BCUT2D eigenvalue weighted by Gasteiger charge is -2.16. The van der Waals surface area contributed by atoms with Gasteiger partial charge < -0.3 is 5.32 Å². The van der Waals surface area contributed by atoms with E-state index >= 15 is 0 Å². The molecule has 0 saturated carbocycles. The summed E-state index contributed by atoms with van der Waals surface area (Å²) < 4.78 is 48.8. The van der Waals surface area contributed by atoms with E-state index in [0.717, 1.165) is 5.56 Å². The number of aromatic nitrogens is 1. The molecule has 0 radical (unpaired) electrons. The molecule has 2 aromatic rings. The molecule has 0 bridgehead atoms. The maximum absolute atomic E-state index is 12.8. The summed E-state index contributed by atoms with van der Waals surface area (Å²) in [4.78, 5) is 4.59. The number of pyridine rings is 1. The highest BCUT2D eigenvalue weighted by atomic mass is 32.2. The van der Waals surface area contributed by atoms with Crippen molar-refractivity contribution in [1.29, 1.82) is 10.0 Å². The Bertz CT molecular complexity index is 1120. The molecule has 172 valence electrons. The van der Waals surface area contributed by atoms with Crippen LogP contribution < -0.4 is 10.0 Å². The van der Waals surface area contributed by atoms with E-state index in [1.165, 1.54) is 12.3 Å². The second kappa shape index (κ2) is 10.7. The summed E-state index contributed by atoms with van der Waals surface area (Å²) >= 11 is 0. The summed E-state index contributed by atoms with van der Waals surface area (Å²) in [7, 11) is -3.18. The van der Waals surface area contributed by atoms with Crippen LogP contribution >= 0.6 is 0 Å². The van der Waals surface area contributed by atoms with Gasteiger partial charge in [-0.3, -0.25) is 4.98 Å². The standard InChI is InChI=1S/C23H29F2N5OS/c1-14(2)10-17-11-18(29-23(24)25)6-8-20(17)21(12-26)16(5)22-9-7-19(13-28-22)32(27,31)30-15(3)4/h6-9,11,13-15,23,29H,10H2,1-5H3,(H2,27,30,31)/b21-16+. The highest BCUT2D eigenvalue weighted by Crippen LogP contribution is 2.31. The number of nitrogens with one attached hydrogen (secondary N) is 3. The predicted molar refractivity (Wildman–Crippen MR) is 124 cm³/mol. The maximum atomic E-state index is 12.8. The first kappa shape index (κ1) is 25.4. The third kappa shape index (κ3) is 6.58. The topological polar surface area (TPSA) is 102 Å². The number of benzene rings is 1. The smallest absolute Gasteiger partial charge is 0.312 e. The molecule has 6 nitrogen and oxygen atoms in total. The lowest BCUT2D eigenvalue weighted by molar-refractivity contribution is 0.181. The summed E-state index contributed by atoms with van der Waals surface area (Å²) in [5.74, 6) is 0.256. The van der Waals surface area contributed by atoms with E-state index in [0.29, 0.717) is 34.5 Å². The molecule has 0 aliphatic rings. The number of alkyl halides is 2. The molecule has 32 heavy (non-hydrogen) atoms. The number of halogens is 2. The van der Waals surface area contributed by atoms with Crippen LogP contribution in [0.5, 0.6) is 0 Å². The largest absolute Gasteiger partial charge is 0.330 e. The number of nitrogens with zero attached hydrogens (tertiary/aromatic N) is 2. The minimum atomic E-state index is -3.18. The van der Waals surface area contributed by atoms with Crippen LogP contribution in [0.25, 0.3) is 11.1 Å². The minimum Gasteiger partial charge on any atom is -0.330 e. The lowest BCUT2D eigenvalue weighted by atomic mass is 9.90. The highest BCUT2D eigenvalue weighted by molar-refractivity contribution is 7.90. The van der Waals surface area contributed by atoms with Crippen LogP contribution in [0.4, 0.5) is 14.5 Å². The molecule has 0 aliphatic heterocycles. The van der Waals surface area contributed by atoms with Crippen molar-refractivity contribution in [2.45, 2.75) is 58.5 Å². The fourth-order valence-corrected chi connectivity index (χ4v) is 4.57. The number of allylic oxidation sites excluding steroid dienone is 2. The van der Waals surface area contributed by atoms with Gasteiger partial charge >= 0.3 is 6.55 Å². The van der Waals surface area contributed by atoms with E-state index in [1.807, 2.05) is 13.8 Å². The number of hydrogen-bond donors (Lipinski definition) is 3. The van der Waals surface area contributed by atoms with Crippen molar-refractivity contribution in [3.63, 3.8) is 0 Å². The average molecular weight is 462 g/mol. The summed E-state index contributed by atoms with van der Waals surface area (Å²) in [6.45, 7) is 6.72. The number of nitriles is 1. The zero-order valence-corrected chi connectivity index (χ0v) is 19.7. The molecule has 9 heteroatoms. The Balaban J connectivity index is 2.52. The SMILES string of the molecule is C/C(=C(/C#N)c1ccc(NC(F)F)cc1CC(C)C)c1ccc(S(=N)(=O)NC(C)C)cn1. The molecule has 2 rings (SSSR count). The zero-order valence-electron chi connectivity index (χ0n) is 18.9. The fraction of sp³-hybridized carbons (Fsp3) is 0.391. The van der Waals surface area contributed by atoms with Gasteiger partial charge in [0.25, 0.3) is 0 Å². The van der Waals surface area contributed by atoms with Crippen LogP contribution in [0, 0.1) is 22.0 Å². The second-order valence-electron chi connectivity index (χ2n) is 8.23. The zero-order chi connectivity index (χ0) is 24.1. The van der Waals surface area contributed by atoms with Crippen molar-refractivity contribution in [2.24, 2.45) is 5.92 Å². The van der Waals surface area contributed by atoms with Crippen LogP contribution in [0.2, 0.25) is 0 Å². The number of hydrogen-bond acceptors (Lipinski definition) is 5. The van der Waals surface area contributed by atoms with E-state index in [1.54, 1.807) is 45.0 Å². The molecule has 0 fully saturated rings. The van der Waals surface area contributed by atoms with Crippen molar-refractivity contribution >= 4 is 26.7 Å². The molecule has 0 amide bonds. The first-order chi connectivity index (χ1) is 14.9. The van der Waals surface area contributed by atoms with Gasteiger partial charge in [0.05, 0.1) is 16.2 Å². The van der Waals surface area contributed by atoms with Gasteiger partial charge in [0.1, 0.15) is 16.0 Å². The minimum absolute atomic E-state index is 0.131. The van der Waals surface area contributed by atoms with Crippen LogP contribution in [0.1, 0.15) is 51.4 Å². The van der Waals surface area contributed by atoms with E-state index in [-0.39, 0.29) is 16.9 Å². The molecular formula is C23H29F2N5OS. The summed E-state index contributed by atoms with van der Waals surface area (Å²) in [6.07, 6.45) is 1.99. The Labute approximate surface area is 188 Å². The Morgan fingerprint density at radius 2 is 1.91 bits per heavy atom. The van der Waals surface area contributed by atoms with Gasteiger partial charge in [-0.15, -0.1) is 0 Å². The Hall–Kier alpha value is -2.83. The van der Waals surface area contributed by atoms with Crippen molar-refractivity contribution in [1.82, 2.24) is 9.71 Å². The summed E-state index contributed by atoms with van der Waals surface area (Å²) in [5, 5.41) is 12.0. The van der Waals surface area contributed by atoms with Crippen molar-refractivity contribution in [3.8, 4) is 6.07 Å². The van der Waals surface area contributed by atoms with E-state index in [2.05, 4.69) is 21.1 Å². The highest BCUT2D eigenvalue weighted by Gasteiger charge is 2.17. The van der Waals surface area contributed by atoms with Crippen molar-refractivity contribution < 1.29 is 13.0 Å². The Morgan fingerprint density at radius 3 is 2.41 bits per heavy atom. The molecule has 3 N–H and O–H groups in total. The predicted octanol–water partition coefficient (Wildman–Crippen LogP) is 5.69. The molecular weight excluding hydrogens is 432 g/mol. The normalized spacial score (nSPS) is 14.3. The molecule has 0 saturated heterocycles. The van der Waals surface area contributed by atoms with Gasteiger partial charge in [-0.25, -0.2) is 13.7 Å². The van der Waals surface area contributed by atoms with Crippen molar-refractivity contribution in [3.05, 3.63) is 53.3 Å². The Morgan fingerprint density at radius 1 is 1.22 bits per heavy atom.